The van der Waals surface area contributed by atoms with Gasteiger partial charge in [-0.15, -0.1) is 0 Å². The van der Waals surface area contributed by atoms with Crippen LogP contribution in [0.25, 0.3) is 6.08 Å². The van der Waals surface area contributed by atoms with Crippen molar-refractivity contribution < 1.29 is 14.3 Å². The highest BCUT2D eigenvalue weighted by molar-refractivity contribution is 5.92. The van der Waals surface area contributed by atoms with Gasteiger partial charge in [0.1, 0.15) is 11.5 Å². The van der Waals surface area contributed by atoms with E-state index in [1.807, 2.05) is 49.4 Å². The van der Waals surface area contributed by atoms with Crippen molar-refractivity contribution in [3.63, 3.8) is 0 Å². The van der Waals surface area contributed by atoms with Gasteiger partial charge in [-0.2, -0.15) is 0 Å². The molecular weight excluding hydrogens is 292 g/mol. The molecule has 0 fully saturated rings. The summed E-state index contributed by atoms with van der Waals surface area (Å²) in [7, 11) is 3.19. The Hall–Kier alpha value is -2.95. The van der Waals surface area contributed by atoms with E-state index >= 15 is 0 Å². The number of ether oxygens (including phenoxy) is 2. The minimum Gasteiger partial charge on any atom is -0.497 e. The number of methoxy groups -OCH3 is 2. The number of benzene rings is 2. The lowest BCUT2D eigenvalue weighted by Crippen LogP contribution is -2.24. The monoisotopic (exact) mass is 312 g/mol. The van der Waals surface area contributed by atoms with Gasteiger partial charge in [0.25, 0.3) is 0 Å². The van der Waals surface area contributed by atoms with Crippen LogP contribution in [0.5, 0.6) is 11.5 Å². The molecule has 120 valence electrons. The van der Waals surface area contributed by atoms with Gasteiger partial charge in [-0.3, -0.25) is 0 Å². The molecule has 2 aromatic carbocycles. The Bertz CT molecular complexity index is 694. The summed E-state index contributed by atoms with van der Waals surface area (Å²) in [6.45, 7) is 1.95. The minimum absolute atomic E-state index is 0.335. The molecule has 0 aromatic heterocycles. The molecule has 0 aliphatic rings. The summed E-state index contributed by atoms with van der Waals surface area (Å²) in [5.41, 5.74) is 2.62. The Balaban J connectivity index is 1.94. The van der Waals surface area contributed by atoms with E-state index in [0.29, 0.717) is 11.4 Å². The lowest BCUT2D eigenvalue weighted by Gasteiger charge is -2.10. The van der Waals surface area contributed by atoms with Gasteiger partial charge >= 0.3 is 6.03 Å². The molecule has 0 heterocycles. The molecule has 0 bridgehead atoms. The van der Waals surface area contributed by atoms with Crippen molar-refractivity contribution in [1.82, 2.24) is 5.32 Å². The van der Waals surface area contributed by atoms with Crippen molar-refractivity contribution in [2.24, 2.45) is 0 Å². The summed E-state index contributed by atoms with van der Waals surface area (Å²) in [5, 5.41) is 5.42. The second-order valence-electron chi connectivity index (χ2n) is 4.91. The van der Waals surface area contributed by atoms with Gasteiger partial charge in [-0.1, -0.05) is 18.2 Å². The number of urea groups is 1. The maximum Gasteiger partial charge on any atom is 0.323 e. The molecule has 0 atom stereocenters. The Labute approximate surface area is 135 Å². The Morgan fingerprint density at radius 3 is 2.43 bits per heavy atom. The van der Waals surface area contributed by atoms with Crippen LogP contribution in [0.3, 0.4) is 0 Å². The number of aryl methyl sites for hydroxylation is 1. The standard InChI is InChI=1S/C18H20N2O3/c1-13-4-9-17(23-3)16(12-13)20-18(21)19-11-10-14-5-7-15(22-2)8-6-14/h4-12H,1-3H3,(H2,19,20,21)/b11-10+. The first kappa shape index (κ1) is 16.4. The van der Waals surface area contributed by atoms with Crippen LogP contribution in [0.2, 0.25) is 0 Å². The van der Waals surface area contributed by atoms with Crippen molar-refractivity contribution in [2.45, 2.75) is 6.92 Å². The van der Waals surface area contributed by atoms with E-state index in [9.17, 15) is 4.79 Å². The molecule has 2 aromatic rings. The molecule has 0 saturated heterocycles. The number of amides is 2. The molecule has 2 N–H and O–H groups in total. The van der Waals surface area contributed by atoms with Crippen LogP contribution in [0.15, 0.2) is 48.7 Å². The number of nitrogens with one attached hydrogen (secondary N) is 2. The number of hydrogen-bond acceptors (Lipinski definition) is 3. The second-order valence-corrected chi connectivity index (χ2v) is 4.91. The van der Waals surface area contributed by atoms with Crippen molar-refractivity contribution in [1.29, 1.82) is 0 Å². The number of anilines is 1. The molecule has 23 heavy (non-hydrogen) atoms. The van der Waals surface area contributed by atoms with E-state index in [1.54, 1.807) is 26.5 Å². The van der Waals surface area contributed by atoms with Gasteiger partial charge in [0.05, 0.1) is 19.9 Å². The summed E-state index contributed by atoms with van der Waals surface area (Å²) in [5.74, 6) is 1.41. The Morgan fingerprint density at radius 2 is 1.78 bits per heavy atom. The van der Waals surface area contributed by atoms with Crippen molar-refractivity contribution in [3.05, 3.63) is 59.8 Å². The topological polar surface area (TPSA) is 59.6 Å². The molecule has 0 aliphatic heterocycles. The Morgan fingerprint density at radius 1 is 1.04 bits per heavy atom. The Kier molecular flexibility index (Phi) is 5.63. The van der Waals surface area contributed by atoms with Crippen LogP contribution >= 0.6 is 0 Å². The van der Waals surface area contributed by atoms with Crippen LogP contribution in [0.4, 0.5) is 10.5 Å². The molecule has 0 saturated carbocycles. The third-order valence-corrected chi connectivity index (χ3v) is 3.21. The molecule has 2 rings (SSSR count). The highest BCUT2D eigenvalue weighted by atomic mass is 16.5. The molecule has 2 amide bonds. The minimum atomic E-state index is -0.335. The van der Waals surface area contributed by atoms with E-state index in [-0.39, 0.29) is 6.03 Å². The zero-order valence-electron chi connectivity index (χ0n) is 13.4. The summed E-state index contributed by atoms with van der Waals surface area (Å²) >= 11 is 0. The first-order chi connectivity index (χ1) is 11.1. The second kappa shape index (κ2) is 7.89. The molecule has 0 spiro atoms. The summed E-state index contributed by atoms with van der Waals surface area (Å²) < 4.78 is 10.3. The number of carbonyl (C=O) groups excluding carboxylic acids is 1. The molecule has 5 nitrogen and oxygen atoms in total. The van der Waals surface area contributed by atoms with Crippen LogP contribution in [-0.2, 0) is 0 Å². The first-order valence-corrected chi connectivity index (χ1v) is 7.15. The summed E-state index contributed by atoms with van der Waals surface area (Å²) in [6, 6.07) is 12.8. The van der Waals surface area contributed by atoms with Gasteiger partial charge in [-0.25, -0.2) is 4.79 Å². The van der Waals surface area contributed by atoms with Crippen LogP contribution in [0.1, 0.15) is 11.1 Å². The fourth-order valence-corrected chi connectivity index (χ4v) is 2.01. The normalized spacial score (nSPS) is 10.4. The maximum atomic E-state index is 11.9. The highest BCUT2D eigenvalue weighted by Gasteiger charge is 2.06. The SMILES string of the molecule is COc1ccc(/C=C/NC(=O)Nc2cc(C)ccc2OC)cc1. The smallest absolute Gasteiger partial charge is 0.323 e. The quantitative estimate of drug-likeness (QED) is 0.882. The van der Waals surface area contributed by atoms with E-state index in [1.165, 1.54) is 0 Å². The zero-order chi connectivity index (χ0) is 16.7. The van der Waals surface area contributed by atoms with Gasteiger partial charge in [0, 0.05) is 6.20 Å². The maximum absolute atomic E-state index is 11.9. The van der Waals surface area contributed by atoms with Gasteiger partial charge in [0.15, 0.2) is 0 Å². The molecule has 0 unspecified atom stereocenters. The largest absolute Gasteiger partial charge is 0.497 e. The molecule has 5 heteroatoms. The van der Waals surface area contributed by atoms with Crippen LogP contribution < -0.4 is 20.1 Å². The zero-order valence-corrected chi connectivity index (χ0v) is 13.4. The number of rotatable bonds is 5. The predicted octanol–water partition coefficient (Wildman–Crippen LogP) is 3.80. The number of hydrogen-bond donors (Lipinski definition) is 2. The number of carbonyl (C=O) groups is 1. The molecular formula is C18H20N2O3. The first-order valence-electron chi connectivity index (χ1n) is 7.15. The molecule has 0 aliphatic carbocycles. The summed E-state index contributed by atoms with van der Waals surface area (Å²) in [6.07, 6.45) is 3.38. The van der Waals surface area contributed by atoms with E-state index in [2.05, 4.69) is 10.6 Å². The third-order valence-electron chi connectivity index (χ3n) is 3.21. The van der Waals surface area contributed by atoms with Crippen molar-refractivity contribution in [3.8, 4) is 11.5 Å². The van der Waals surface area contributed by atoms with Crippen molar-refractivity contribution >= 4 is 17.8 Å². The van der Waals surface area contributed by atoms with E-state index in [0.717, 1.165) is 16.9 Å². The predicted molar refractivity (Wildman–Crippen MR) is 91.9 cm³/mol. The van der Waals surface area contributed by atoms with Crippen LogP contribution in [-0.4, -0.2) is 20.3 Å². The average molecular weight is 312 g/mol. The van der Waals surface area contributed by atoms with Crippen molar-refractivity contribution in [2.75, 3.05) is 19.5 Å². The van der Waals surface area contributed by atoms with Gasteiger partial charge in [0.2, 0.25) is 0 Å². The van der Waals surface area contributed by atoms with Gasteiger partial charge < -0.3 is 20.1 Å². The van der Waals surface area contributed by atoms with Crippen LogP contribution in [0, 0.1) is 6.92 Å². The van der Waals surface area contributed by atoms with E-state index in [4.69, 9.17) is 9.47 Å². The van der Waals surface area contributed by atoms with Gasteiger partial charge in [-0.05, 0) is 48.4 Å². The molecule has 0 radical (unpaired) electrons. The summed E-state index contributed by atoms with van der Waals surface area (Å²) in [4.78, 5) is 11.9. The fourth-order valence-electron chi connectivity index (χ4n) is 2.01. The average Bonchev–Trinajstić information content (AvgIpc) is 2.56. The third kappa shape index (κ3) is 4.78. The lowest BCUT2D eigenvalue weighted by atomic mass is 10.2. The van der Waals surface area contributed by atoms with E-state index < -0.39 is 0 Å². The highest BCUT2D eigenvalue weighted by Crippen LogP contribution is 2.24. The fraction of sp³-hybridized carbons (Fsp3) is 0.167. The lowest BCUT2D eigenvalue weighted by molar-refractivity contribution is 0.255.